The second kappa shape index (κ2) is 9.34. The quantitative estimate of drug-likeness (QED) is 0.212. The van der Waals surface area contributed by atoms with E-state index in [2.05, 4.69) is 20.3 Å². The number of para-hydroxylation sites is 2. The molecule has 2 aromatic heterocycles. The zero-order valence-electron chi connectivity index (χ0n) is 16.8. The molecule has 2 aromatic carbocycles. The van der Waals surface area contributed by atoms with Crippen LogP contribution in [0.3, 0.4) is 0 Å². The number of benzene rings is 2. The third kappa shape index (κ3) is 5.03. The van der Waals surface area contributed by atoms with Crippen molar-refractivity contribution in [3.8, 4) is 11.3 Å². The molecule has 4 aromatic rings. The maximum Gasteiger partial charge on any atom is 0.311 e. The molecular weight excluding hydrogens is 397 g/mol. The van der Waals surface area contributed by atoms with Crippen LogP contribution in [0.2, 0.25) is 0 Å². The minimum atomic E-state index is -0.453. The average Bonchev–Trinajstić information content (AvgIpc) is 3.19. The largest absolute Gasteiger partial charge is 0.364 e. The van der Waals surface area contributed by atoms with E-state index in [1.165, 1.54) is 18.2 Å². The maximum absolute atomic E-state index is 13.2. The number of pyridine rings is 1. The lowest BCUT2D eigenvalue weighted by molar-refractivity contribution is -0.384. The van der Waals surface area contributed by atoms with Gasteiger partial charge < -0.3 is 10.3 Å². The van der Waals surface area contributed by atoms with Crippen LogP contribution in [0, 0.1) is 15.9 Å². The van der Waals surface area contributed by atoms with E-state index < -0.39 is 4.92 Å². The van der Waals surface area contributed by atoms with Crippen LogP contribution in [0.25, 0.3) is 22.3 Å². The summed E-state index contributed by atoms with van der Waals surface area (Å²) >= 11 is 0. The van der Waals surface area contributed by atoms with Crippen molar-refractivity contribution < 1.29 is 9.31 Å². The first-order valence-electron chi connectivity index (χ1n) is 10.2. The summed E-state index contributed by atoms with van der Waals surface area (Å²) in [6.45, 7) is 0.570. The number of hydrogen-bond donors (Lipinski definition) is 2. The van der Waals surface area contributed by atoms with Crippen molar-refractivity contribution in [1.29, 1.82) is 0 Å². The predicted octanol–water partition coefficient (Wildman–Crippen LogP) is 5.50. The highest BCUT2D eigenvalue weighted by Crippen LogP contribution is 2.27. The van der Waals surface area contributed by atoms with Gasteiger partial charge in [-0.25, -0.2) is 14.4 Å². The Morgan fingerprint density at radius 2 is 1.77 bits per heavy atom. The molecule has 0 aliphatic heterocycles. The molecule has 0 radical (unpaired) electrons. The smallest absolute Gasteiger partial charge is 0.311 e. The minimum Gasteiger partial charge on any atom is -0.364 e. The first-order valence-corrected chi connectivity index (χ1v) is 10.2. The van der Waals surface area contributed by atoms with Gasteiger partial charge in [-0.2, -0.15) is 0 Å². The van der Waals surface area contributed by atoms with Crippen LogP contribution in [0.4, 0.5) is 15.9 Å². The third-order valence-corrected chi connectivity index (χ3v) is 5.03. The second-order valence-electron chi connectivity index (χ2n) is 7.27. The fraction of sp³-hybridized carbons (Fsp3) is 0.217. The Balaban J connectivity index is 1.32. The van der Waals surface area contributed by atoms with E-state index in [9.17, 15) is 14.5 Å². The summed E-state index contributed by atoms with van der Waals surface area (Å²) in [5, 5.41) is 14.4. The fourth-order valence-corrected chi connectivity index (χ4v) is 3.44. The number of nitrogens with zero attached hydrogens (tertiary/aromatic N) is 3. The van der Waals surface area contributed by atoms with Crippen molar-refractivity contribution in [2.75, 3.05) is 11.9 Å². The lowest BCUT2D eigenvalue weighted by Gasteiger charge is -2.08. The Bertz CT molecular complexity index is 1160. The second-order valence-corrected chi connectivity index (χ2v) is 7.27. The van der Waals surface area contributed by atoms with Gasteiger partial charge in [0, 0.05) is 24.6 Å². The number of nitrogens with one attached hydrogen (secondary N) is 2. The van der Waals surface area contributed by atoms with Crippen molar-refractivity contribution in [3.63, 3.8) is 0 Å². The molecule has 0 saturated carbocycles. The molecule has 7 nitrogen and oxygen atoms in total. The molecule has 0 atom stereocenters. The minimum absolute atomic E-state index is 0.0758. The molecule has 0 spiro atoms. The average molecular weight is 419 g/mol. The lowest BCUT2D eigenvalue weighted by Crippen LogP contribution is -2.07. The number of rotatable bonds is 9. The standard InChI is InChI=1S/C23H22FN5O2/c24-17-11-9-16(10-12-17)18-13-14-21(29(30)31)23(28-18)25-15-5-1-2-8-22-26-19-6-3-4-7-20(19)27-22/h3-4,6-7,9-14H,1-2,5,8,15H2,(H,25,28)(H,26,27). The summed E-state index contributed by atoms with van der Waals surface area (Å²) in [5.74, 6) is 0.856. The van der Waals surface area contributed by atoms with Crippen LogP contribution < -0.4 is 5.32 Å². The normalized spacial score (nSPS) is 11.0. The van der Waals surface area contributed by atoms with Gasteiger partial charge in [0.25, 0.3) is 0 Å². The molecule has 0 amide bonds. The van der Waals surface area contributed by atoms with E-state index in [4.69, 9.17) is 0 Å². The predicted molar refractivity (Wildman–Crippen MR) is 118 cm³/mol. The van der Waals surface area contributed by atoms with Gasteiger partial charge in [0.1, 0.15) is 11.6 Å². The van der Waals surface area contributed by atoms with E-state index in [0.29, 0.717) is 17.8 Å². The first kappa shape index (κ1) is 20.5. The fourth-order valence-electron chi connectivity index (χ4n) is 3.44. The molecule has 0 bridgehead atoms. The van der Waals surface area contributed by atoms with Crippen LogP contribution >= 0.6 is 0 Å². The van der Waals surface area contributed by atoms with Gasteiger partial charge in [-0.05, 0) is 55.3 Å². The van der Waals surface area contributed by atoms with Crippen LogP contribution in [0.1, 0.15) is 25.1 Å². The van der Waals surface area contributed by atoms with E-state index in [1.54, 1.807) is 18.2 Å². The Morgan fingerprint density at radius 3 is 2.55 bits per heavy atom. The topological polar surface area (TPSA) is 96.7 Å². The number of unbranched alkanes of at least 4 members (excludes halogenated alkanes) is 2. The number of anilines is 1. The monoisotopic (exact) mass is 419 g/mol. The number of aryl methyl sites for hydroxylation is 1. The van der Waals surface area contributed by atoms with Gasteiger partial charge in [-0.15, -0.1) is 0 Å². The van der Waals surface area contributed by atoms with Gasteiger partial charge in [0.05, 0.1) is 21.7 Å². The zero-order valence-corrected chi connectivity index (χ0v) is 16.8. The molecule has 158 valence electrons. The molecule has 0 fully saturated rings. The molecule has 8 heteroatoms. The molecule has 2 N–H and O–H groups in total. The Kier molecular flexibility index (Phi) is 6.16. The van der Waals surface area contributed by atoms with Gasteiger partial charge in [0.2, 0.25) is 5.82 Å². The van der Waals surface area contributed by atoms with Crippen molar-refractivity contribution in [1.82, 2.24) is 15.0 Å². The first-order chi connectivity index (χ1) is 15.1. The van der Waals surface area contributed by atoms with E-state index in [0.717, 1.165) is 42.5 Å². The van der Waals surface area contributed by atoms with Crippen LogP contribution in [-0.2, 0) is 6.42 Å². The van der Waals surface area contributed by atoms with Crippen molar-refractivity contribution >= 4 is 22.5 Å². The molecule has 0 aliphatic rings. The summed E-state index contributed by atoms with van der Waals surface area (Å²) in [7, 11) is 0. The van der Waals surface area contributed by atoms with Crippen molar-refractivity contribution in [2.45, 2.75) is 25.7 Å². The van der Waals surface area contributed by atoms with Crippen LogP contribution in [-0.4, -0.2) is 26.4 Å². The number of nitro groups is 1. The van der Waals surface area contributed by atoms with Gasteiger partial charge >= 0.3 is 5.69 Å². The summed E-state index contributed by atoms with van der Waals surface area (Å²) in [4.78, 5) is 23.2. The SMILES string of the molecule is O=[N+]([O-])c1ccc(-c2ccc(F)cc2)nc1NCCCCCc1nc2ccccc2[nH]1. The number of H-pyrrole nitrogens is 1. The number of aromatic nitrogens is 3. The maximum atomic E-state index is 13.2. The van der Waals surface area contributed by atoms with Gasteiger partial charge in [0.15, 0.2) is 0 Å². The number of halogens is 1. The Labute approximate surface area is 178 Å². The Morgan fingerprint density at radius 1 is 0.968 bits per heavy atom. The molecule has 0 aliphatic carbocycles. The zero-order chi connectivity index (χ0) is 21.6. The van der Waals surface area contributed by atoms with Gasteiger partial charge in [-0.1, -0.05) is 18.6 Å². The third-order valence-electron chi connectivity index (χ3n) is 5.03. The highest BCUT2D eigenvalue weighted by Gasteiger charge is 2.16. The number of fused-ring (bicyclic) bond motifs is 1. The molecule has 2 heterocycles. The van der Waals surface area contributed by atoms with Crippen LogP contribution in [0.5, 0.6) is 0 Å². The highest BCUT2D eigenvalue weighted by atomic mass is 19.1. The van der Waals surface area contributed by atoms with E-state index in [-0.39, 0.29) is 17.3 Å². The summed E-state index contributed by atoms with van der Waals surface area (Å²) in [5.41, 5.74) is 3.19. The number of aromatic amines is 1. The van der Waals surface area contributed by atoms with Crippen LogP contribution in [0.15, 0.2) is 60.7 Å². The summed E-state index contributed by atoms with van der Waals surface area (Å²) < 4.78 is 13.2. The van der Waals surface area contributed by atoms with Gasteiger partial charge in [-0.3, -0.25) is 10.1 Å². The molecule has 0 saturated heterocycles. The van der Waals surface area contributed by atoms with Crippen molar-refractivity contribution in [2.24, 2.45) is 0 Å². The summed E-state index contributed by atoms with van der Waals surface area (Å²) in [6, 6.07) is 16.8. The Hall–Kier alpha value is -3.81. The lowest BCUT2D eigenvalue weighted by atomic mass is 10.1. The highest BCUT2D eigenvalue weighted by molar-refractivity contribution is 5.74. The molecular formula is C23H22FN5O2. The molecule has 4 rings (SSSR count). The van der Waals surface area contributed by atoms with Crippen molar-refractivity contribution in [3.05, 3.63) is 82.4 Å². The van der Waals surface area contributed by atoms with E-state index in [1.807, 2.05) is 24.3 Å². The molecule has 31 heavy (non-hydrogen) atoms. The number of imidazole rings is 1. The summed E-state index contributed by atoms with van der Waals surface area (Å²) in [6.07, 6.45) is 3.62. The van der Waals surface area contributed by atoms with E-state index >= 15 is 0 Å². The molecule has 0 unspecified atom stereocenters. The number of hydrogen-bond acceptors (Lipinski definition) is 5.